The van der Waals surface area contributed by atoms with Crippen molar-refractivity contribution in [2.75, 3.05) is 6.61 Å². The summed E-state index contributed by atoms with van der Waals surface area (Å²) >= 11 is 0. The number of aromatic nitrogens is 2. The van der Waals surface area contributed by atoms with Crippen LogP contribution in [0, 0.1) is 6.92 Å². The second-order valence-electron chi connectivity index (χ2n) is 9.38. The molecule has 0 radical (unpaired) electrons. The van der Waals surface area contributed by atoms with Gasteiger partial charge in [-0.25, -0.2) is 4.98 Å². The highest BCUT2D eigenvalue weighted by Crippen LogP contribution is 2.30. The third-order valence-corrected chi connectivity index (χ3v) is 6.47. The summed E-state index contributed by atoms with van der Waals surface area (Å²) < 4.78 is 19.3. The number of nitrogens with zero attached hydrogens (tertiary/aromatic N) is 3. The first-order valence-electron chi connectivity index (χ1n) is 13.1. The molecule has 0 aliphatic carbocycles. The molecule has 0 aliphatic rings. The van der Waals surface area contributed by atoms with Crippen LogP contribution in [0.2, 0.25) is 0 Å². The van der Waals surface area contributed by atoms with E-state index >= 15 is 0 Å². The Morgan fingerprint density at radius 1 is 0.900 bits per heavy atom. The molecule has 6 rings (SSSR count). The minimum atomic E-state index is -0.291. The van der Waals surface area contributed by atoms with Gasteiger partial charge in [0.2, 0.25) is 5.82 Å². The van der Waals surface area contributed by atoms with E-state index in [2.05, 4.69) is 24.2 Å². The molecule has 6 aromatic rings. The number of hydrogen-bond donors (Lipinski definition) is 0. The molecule has 7 heteroatoms. The Morgan fingerprint density at radius 2 is 1.75 bits per heavy atom. The van der Waals surface area contributed by atoms with Crippen LogP contribution in [0.3, 0.4) is 0 Å². The van der Waals surface area contributed by atoms with E-state index in [1.165, 1.54) is 10.2 Å². The lowest BCUT2D eigenvalue weighted by atomic mass is 10.1. The Balaban J connectivity index is 1.37. The van der Waals surface area contributed by atoms with Gasteiger partial charge in [0.05, 0.1) is 23.7 Å². The third-order valence-electron chi connectivity index (χ3n) is 6.47. The second kappa shape index (κ2) is 10.9. The standard InChI is InChI=1S/C33H27N3O4/c1-3-38-30-18-23(15-16-29(30)39-21-24-10-8-9-22(2)17-24)20-34-36-32(31-19-25-11-4-7-14-28(25)40-31)35-27-13-6-5-12-26(27)33(36)37/h4-20H,3,21H2,1-2H3. The van der Waals surface area contributed by atoms with Crippen molar-refractivity contribution in [3.8, 4) is 23.1 Å². The fraction of sp³-hybridized carbons (Fsp3) is 0.121. The van der Waals surface area contributed by atoms with Crippen LogP contribution in [0.5, 0.6) is 11.5 Å². The van der Waals surface area contributed by atoms with Crippen LogP contribution in [-0.4, -0.2) is 22.5 Å². The van der Waals surface area contributed by atoms with Crippen LogP contribution in [-0.2, 0) is 6.61 Å². The predicted octanol–water partition coefficient (Wildman–Crippen LogP) is 6.98. The Bertz CT molecular complexity index is 1890. The van der Waals surface area contributed by atoms with Gasteiger partial charge in [-0.15, -0.1) is 0 Å². The van der Waals surface area contributed by atoms with Crippen LogP contribution in [0.15, 0.2) is 111 Å². The topological polar surface area (TPSA) is 78.9 Å². The summed E-state index contributed by atoms with van der Waals surface area (Å²) in [5.74, 6) is 2.00. The zero-order valence-corrected chi connectivity index (χ0v) is 22.2. The number of ether oxygens (including phenoxy) is 2. The molecule has 4 aromatic carbocycles. The first kappa shape index (κ1) is 25.1. The maximum absolute atomic E-state index is 13.5. The van der Waals surface area contributed by atoms with Crippen LogP contribution in [0.25, 0.3) is 33.5 Å². The van der Waals surface area contributed by atoms with Crippen LogP contribution in [0.4, 0.5) is 0 Å². The third kappa shape index (κ3) is 5.09. The summed E-state index contributed by atoms with van der Waals surface area (Å²) in [6, 6.07) is 30.5. The molecule has 2 aromatic heterocycles. The van der Waals surface area contributed by atoms with Gasteiger partial charge in [0.1, 0.15) is 12.2 Å². The second-order valence-corrected chi connectivity index (χ2v) is 9.38. The lowest BCUT2D eigenvalue weighted by Gasteiger charge is -2.13. The molecule has 0 bridgehead atoms. The Hall–Kier alpha value is -5.17. The van der Waals surface area contributed by atoms with Gasteiger partial charge in [0.15, 0.2) is 17.3 Å². The first-order valence-corrected chi connectivity index (χ1v) is 13.1. The molecule has 0 saturated carbocycles. The fourth-order valence-electron chi connectivity index (χ4n) is 4.56. The highest BCUT2D eigenvalue weighted by Gasteiger charge is 2.16. The molecule has 0 atom stereocenters. The van der Waals surface area contributed by atoms with Gasteiger partial charge < -0.3 is 13.9 Å². The molecule has 0 fully saturated rings. The zero-order chi connectivity index (χ0) is 27.5. The summed E-state index contributed by atoms with van der Waals surface area (Å²) in [5.41, 5.74) is 3.98. The average Bonchev–Trinajstić information content (AvgIpc) is 3.41. The van der Waals surface area contributed by atoms with Gasteiger partial charge in [-0.3, -0.25) is 4.79 Å². The molecule has 0 saturated heterocycles. The number of benzene rings is 4. The Morgan fingerprint density at radius 3 is 2.60 bits per heavy atom. The summed E-state index contributed by atoms with van der Waals surface area (Å²) in [5, 5.41) is 5.95. The van der Waals surface area contributed by atoms with E-state index in [1.807, 2.05) is 79.7 Å². The number of para-hydroxylation sites is 2. The SMILES string of the molecule is CCOc1cc(C=Nn2c(-c3cc4ccccc4o3)nc3ccccc3c2=O)ccc1OCc1cccc(C)c1. The monoisotopic (exact) mass is 529 g/mol. The minimum Gasteiger partial charge on any atom is -0.490 e. The van der Waals surface area contributed by atoms with Crippen LogP contribution < -0.4 is 15.0 Å². The van der Waals surface area contributed by atoms with Gasteiger partial charge in [-0.1, -0.05) is 60.2 Å². The van der Waals surface area contributed by atoms with Crippen molar-refractivity contribution in [2.45, 2.75) is 20.5 Å². The largest absolute Gasteiger partial charge is 0.490 e. The lowest BCUT2D eigenvalue weighted by Crippen LogP contribution is -2.20. The maximum Gasteiger partial charge on any atom is 0.282 e. The minimum absolute atomic E-state index is 0.291. The van der Waals surface area contributed by atoms with E-state index in [0.29, 0.717) is 52.8 Å². The molecule has 2 heterocycles. The molecule has 198 valence electrons. The molecule has 0 aliphatic heterocycles. The quantitative estimate of drug-likeness (QED) is 0.199. The molecule has 7 nitrogen and oxygen atoms in total. The van der Waals surface area contributed by atoms with E-state index in [0.717, 1.165) is 16.5 Å². The summed E-state index contributed by atoms with van der Waals surface area (Å²) in [4.78, 5) is 18.3. The van der Waals surface area contributed by atoms with Crippen molar-refractivity contribution in [3.05, 3.63) is 124 Å². The maximum atomic E-state index is 13.5. The highest BCUT2D eigenvalue weighted by atomic mass is 16.5. The number of furan rings is 1. The zero-order valence-electron chi connectivity index (χ0n) is 22.2. The number of aryl methyl sites for hydroxylation is 1. The normalized spacial score (nSPS) is 11.4. The predicted molar refractivity (Wildman–Crippen MR) is 157 cm³/mol. The van der Waals surface area contributed by atoms with E-state index in [9.17, 15) is 4.79 Å². The highest BCUT2D eigenvalue weighted by molar-refractivity contribution is 5.85. The molecular formula is C33H27N3O4. The lowest BCUT2D eigenvalue weighted by molar-refractivity contribution is 0.269. The van der Waals surface area contributed by atoms with Crippen molar-refractivity contribution in [1.82, 2.24) is 9.66 Å². The number of rotatable bonds is 8. The fourth-order valence-corrected chi connectivity index (χ4v) is 4.56. The van der Waals surface area contributed by atoms with Crippen molar-refractivity contribution >= 4 is 28.1 Å². The van der Waals surface area contributed by atoms with Gasteiger partial charge in [-0.05, 0) is 67.4 Å². The van der Waals surface area contributed by atoms with E-state index in [4.69, 9.17) is 18.9 Å². The summed E-state index contributed by atoms with van der Waals surface area (Å²) in [6.07, 6.45) is 1.61. The molecule has 0 amide bonds. The first-order chi connectivity index (χ1) is 19.6. The average molecular weight is 530 g/mol. The van der Waals surface area contributed by atoms with Crippen molar-refractivity contribution < 1.29 is 13.9 Å². The number of hydrogen-bond acceptors (Lipinski definition) is 6. The van der Waals surface area contributed by atoms with Gasteiger partial charge >= 0.3 is 0 Å². The van der Waals surface area contributed by atoms with E-state index < -0.39 is 0 Å². The number of fused-ring (bicyclic) bond motifs is 2. The molecule has 0 N–H and O–H groups in total. The van der Waals surface area contributed by atoms with Gasteiger partial charge in [0, 0.05) is 5.39 Å². The molecule has 40 heavy (non-hydrogen) atoms. The van der Waals surface area contributed by atoms with Crippen LogP contribution >= 0.6 is 0 Å². The molecular weight excluding hydrogens is 502 g/mol. The van der Waals surface area contributed by atoms with Crippen molar-refractivity contribution in [1.29, 1.82) is 0 Å². The van der Waals surface area contributed by atoms with Gasteiger partial charge in [-0.2, -0.15) is 9.78 Å². The Kier molecular flexibility index (Phi) is 6.85. The Labute approximate surface area is 230 Å². The smallest absolute Gasteiger partial charge is 0.282 e. The van der Waals surface area contributed by atoms with E-state index in [1.54, 1.807) is 18.3 Å². The summed E-state index contributed by atoms with van der Waals surface area (Å²) in [7, 11) is 0. The molecule has 0 unspecified atom stereocenters. The van der Waals surface area contributed by atoms with Crippen molar-refractivity contribution in [3.63, 3.8) is 0 Å². The van der Waals surface area contributed by atoms with E-state index in [-0.39, 0.29) is 5.56 Å². The van der Waals surface area contributed by atoms with Crippen LogP contribution in [0.1, 0.15) is 23.6 Å². The van der Waals surface area contributed by atoms with Gasteiger partial charge in [0.25, 0.3) is 5.56 Å². The molecule has 0 spiro atoms. The van der Waals surface area contributed by atoms with Crippen molar-refractivity contribution in [2.24, 2.45) is 5.10 Å². The summed E-state index contributed by atoms with van der Waals surface area (Å²) in [6.45, 7) is 4.88.